The van der Waals surface area contributed by atoms with Gasteiger partial charge in [0.05, 0.1) is 8.07 Å². The van der Waals surface area contributed by atoms with Gasteiger partial charge in [0, 0.05) is 6.04 Å². The summed E-state index contributed by atoms with van der Waals surface area (Å²) in [4.78, 5) is 10.5. The van der Waals surface area contributed by atoms with E-state index in [1.807, 2.05) is 0 Å². The van der Waals surface area contributed by atoms with Crippen LogP contribution in [0.4, 0.5) is 0 Å². The molecule has 0 aromatic heterocycles. The van der Waals surface area contributed by atoms with Crippen LogP contribution in [0.15, 0.2) is 0 Å². The molecule has 11 heavy (non-hydrogen) atoms. The fourth-order valence-corrected chi connectivity index (χ4v) is 1.93. The Balaban J connectivity index is 4.34. The maximum absolute atomic E-state index is 10.5. The number of carboxylic acids is 1. The summed E-state index contributed by atoms with van der Waals surface area (Å²) in [6, 6.07) is 0.372. The third-order valence-corrected chi connectivity index (χ3v) is 7.87. The van der Waals surface area contributed by atoms with Gasteiger partial charge >= 0.3 is 5.97 Å². The Kier molecular flexibility index (Phi) is 2.89. The third kappa shape index (κ3) is 3.06. The summed E-state index contributed by atoms with van der Waals surface area (Å²) < 4.78 is 0. The number of aliphatic carboxylic acids is 1. The molecule has 66 valence electrons. The van der Waals surface area contributed by atoms with Gasteiger partial charge in [0.25, 0.3) is 0 Å². The van der Waals surface area contributed by atoms with Crippen molar-refractivity contribution in [1.29, 1.82) is 0 Å². The highest BCUT2D eigenvalue weighted by molar-refractivity contribution is 6.82. The van der Waals surface area contributed by atoms with E-state index in [9.17, 15) is 4.79 Å². The molecular formula is C8H18O2Si. The molecule has 0 aliphatic rings. The number of hydrogen-bond acceptors (Lipinski definition) is 1. The molecule has 2 nitrogen and oxygen atoms in total. The molecule has 0 aromatic carbocycles. The topological polar surface area (TPSA) is 37.3 Å². The third-order valence-electron chi connectivity index (χ3n) is 2.62. The van der Waals surface area contributed by atoms with Crippen molar-refractivity contribution in [3.63, 3.8) is 0 Å². The van der Waals surface area contributed by atoms with Crippen molar-refractivity contribution in [2.24, 2.45) is 0 Å². The standard InChI is InChI=1S/C8H18O2Si/c1-8(2,3)11(4,5)6-7(9)10/h6H2,1-5H3,(H,9,10). The zero-order valence-corrected chi connectivity index (χ0v) is 9.06. The van der Waals surface area contributed by atoms with E-state index in [0.29, 0.717) is 6.04 Å². The Morgan fingerprint density at radius 3 is 1.82 bits per heavy atom. The van der Waals surface area contributed by atoms with Crippen molar-refractivity contribution in [1.82, 2.24) is 0 Å². The second-order valence-electron chi connectivity index (χ2n) is 4.70. The molecule has 0 spiro atoms. The lowest BCUT2D eigenvalue weighted by molar-refractivity contribution is -0.134. The molecule has 1 N–H and O–H groups in total. The first-order valence-electron chi connectivity index (χ1n) is 3.88. The smallest absolute Gasteiger partial charge is 0.300 e. The van der Waals surface area contributed by atoms with Crippen molar-refractivity contribution in [2.45, 2.75) is 44.9 Å². The molecule has 0 unspecified atom stereocenters. The van der Waals surface area contributed by atoms with Crippen molar-refractivity contribution in [2.75, 3.05) is 0 Å². The first-order valence-corrected chi connectivity index (χ1v) is 7.09. The van der Waals surface area contributed by atoms with Crippen LogP contribution in [-0.2, 0) is 4.79 Å². The van der Waals surface area contributed by atoms with Crippen LogP contribution in [0.3, 0.4) is 0 Å². The molecule has 0 saturated carbocycles. The Morgan fingerprint density at radius 1 is 1.36 bits per heavy atom. The summed E-state index contributed by atoms with van der Waals surface area (Å²) in [5, 5.41) is 8.83. The molecule has 0 fully saturated rings. The lowest BCUT2D eigenvalue weighted by atomic mass is 10.2. The molecule has 0 bridgehead atoms. The van der Waals surface area contributed by atoms with Crippen LogP contribution in [0, 0.1) is 0 Å². The van der Waals surface area contributed by atoms with Gasteiger partial charge in [0.15, 0.2) is 0 Å². The van der Waals surface area contributed by atoms with Crippen LogP contribution in [0.2, 0.25) is 24.2 Å². The quantitative estimate of drug-likeness (QED) is 0.653. The molecule has 0 aromatic rings. The minimum Gasteiger partial charge on any atom is -0.481 e. The van der Waals surface area contributed by atoms with E-state index in [1.165, 1.54) is 0 Å². The first-order chi connectivity index (χ1) is 4.67. The fourth-order valence-electron chi connectivity index (χ4n) is 0.643. The first kappa shape index (κ1) is 10.7. The van der Waals surface area contributed by atoms with E-state index in [0.717, 1.165) is 0 Å². The van der Waals surface area contributed by atoms with Crippen LogP contribution in [0.5, 0.6) is 0 Å². The lowest BCUT2D eigenvalue weighted by Gasteiger charge is -2.35. The van der Waals surface area contributed by atoms with Gasteiger partial charge in [-0.1, -0.05) is 33.9 Å². The molecule has 0 rings (SSSR count). The van der Waals surface area contributed by atoms with Gasteiger partial charge in [0.1, 0.15) is 0 Å². The Bertz CT molecular complexity index is 156. The van der Waals surface area contributed by atoms with Gasteiger partial charge < -0.3 is 5.11 Å². The summed E-state index contributed by atoms with van der Waals surface area (Å²) >= 11 is 0. The molecule has 0 heterocycles. The maximum atomic E-state index is 10.5. The molecule has 0 atom stereocenters. The summed E-state index contributed by atoms with van der Waals surface area (Å²) in [5.74, 6) is -0.656. The van der Waals surface area contributed by atoms with Crippen molar-refractivity contribution < 1.29 is 9.90 Å². The molecular weight excluding hydrogens is 156 g/mol. The van der Waals surface area contributed by atoms with Gasteiger partial charge in [-0.2, -0.15) is 0 Å². The molecule has 0 amide bonds. The minimum absolute atomic E-state index is 0.186. The summed E-state index contributed by atoms with van der Waals surface area (Å²) in [6.07, 6.45) is 0. The van der Waals surface area contributed by atoms with Crippen molar-refractivity contribution >= 4 is 14.0 Å². The molecule has 0 saturated heterocycles. The van der Waals surface area contributed by atoms with Crippen LogP contribution in [0.1, 0.15) is 20.8 Å². The van der Waals surface area contributed by atoms with Crippen LogP contribution >= 0.6 is 0 Å². The zero-order chi connectivity index (χ0) is 9.28. The van der Waals surface area contributed by atoms with Crippen molar-refractivity contribution in [3.05, 3.63) is 0 Å². The highest BCUT2D eigenvalue weighted by atomic mass is 28.3. The predicted octanol–water partition coefficient (Wildman–Crippen LogP) is 2.58. The SMILES string of the molecule is CC(C)(C)[Si](C)(C)CC(=O)O. The maximum Gasteiger partial charge on any atom is 0.300 e. The summed E-state index contributed by atoms with van der Waals surface area (Å²) in [6.45, 7) is 10.6. The number of carbonyl (C=O) groups is 1. The second-order valence-corrected chi connectivity index (χ2v) is 10.3. The Labute approximate surface area is 69.6 Å². The molecule has 0 aliphatic carbocycles. The fraction of sp³-hybridized carbons (Fsp3) is 0.875. The zero-order valence-electron chi connectivity index (χ0n) is 8.06. The van der Waals surface area contributed by atoms with Crippen LogP contribution in [0.25, 0.3) is 0 Å². The largest absolute Gasteiger partial charge is 0.481 e. The number of rotatable bonds is 2. The van der Waals surface area contributed by atoms with E-state index < -0.39 is 14.0 Å². The highest BCUT2D eigenvalue weighted by Gasteiger charge is 2.36. The van der Waals surface area contributed by atoms with Crippen LogP contribution in [-0.4, -0.2) is 19.1 Å². The molecule has 0 radical (unpaired) electrons. The van der Waals surface area contributed by atoms with Gasteiger partial charge in [-0.25, -0.2) is 0 Å². The average Bonchev–Trinajstić information content (AvgIpc) is 1.56. The number of hydrogen-bond donors (Lipinski definition) is 1. The summed E-state index contributed by atoms with van der Waals surface area (Å²) in [7, 11) is -1.57. The predicted molar refractivity (Wildman–Crippen MR) is 49.6 cm³/mol. The molecule has 0 aliphatic heterocycles. The monoisotopic (exact) mass is 174 g/mol. The normalized spacial score (nSPS) is 13.2. The van der Waals surface area contributed by atoms with Crippen molar-refractivity contribution in [3.8, 4) is 0 Å². The van der Waals surface area contributed by atoms with Crippen LogP contribution < -0.4 is 0 Å². The molecule has 3 heteroatoms. The van der Waals surface area contributed by atoms with Gasteiger partial charge in [-0.05, 0) is 5.04 Å². The summed E-state index contributed by atoms with van der Waals surface area (Å²) in [5.41, 5.74) is 0. The average molecular weight is 174 g/mol. The highest BCUT2D eigenvalue weighted by Crippen LogP contribution is 2.38. The van der Waals surface area contributed by atoms with E-state index in [4.69, 9.17) is 5.11 Å². The number of carboxylic acid groups (broad SMARTS) is 1. The van der Waals surface area contributed by atoms with E-state index in [2.05, 4.69) is 33.9 Å². The van der Waals surface area contributed by atoms with Gasteiger partial charge in [0.2, 0.25) is 0 Å². The second kappa shape index (κ2) is 2.97. The van der Waals surface area contributed by atoms with Gasteiger partial charge in [-0.3, -0.25) is 4.79 Å². The lowest BCUT2D eigenvalue weighted by Crippen LogP contribution is -2.38. The minimum atomic E-state index is -1.57. The van der Waals surface area contributed by atoms with E-state index >= 15 is 0 Å². The van der Waals surface area contributed by atoms with E-state index in [-0.39, 0.29) is 5.04 Å². The van der Waals surface area contributed by atoms with Gasteiger partial charge in [-0.15, -0.1) is 0 Å². The Hall–Kier alpha value is -0.313. The Morgan fingerprint density at radius 2 is 1.73 bits per heavy atom. The van der Waals surface area contributed by atoms with E-state index in [1.54, 1.807) is 0 Å².